The molecule has 1 fully saturated rings. The molecular formula is C27H25Cl2FN4O6S. The van der Waals surface area contributed by atoms with Gasteiger partial charge in [-0.05, 0) is 55.0 Å². The standard InChI is InChI=1S/C27H25Cl2FN4O6S/c1-16-2-8-19(9-3-16)31-27(38)33-12-13-34(41(39,40)20-10-11-21(28)22(29)14-20)26(33)25(37)32-23(15-24(35)36)17-4-6-18(30)7-5-17/h2-11,14,23,26H,12-13,15H2,1H3,(H,31,38)(H,32,37)(H,35,36). The molecule has 0 spiro atoms. The Labute approximate surface area is 245 Å². The monoisotopic (exact) mass is 622 g/mol. The van der Waals surface area contributed by atoms with E-state index in [4.69, 9.17) is 23.2 Å². The number of halogens is 3. The van der Waals surface area contributed by atoms with E-state index in [1.54, 1.807) is 24.3 Å². The van der Waals surface area contributed by atoms with Crippen molar-refractivity contribution in [1.29, 1.82) is 0 Å². The number of carboxylic acid groups (broad SMARTS) is 1. The van der Waals surface area contributed by atoms with E-state index in [0.29, 0.717) is 5.69 Å². The first-order valence-corrected chi connectivity index (χ1v) is 14.5. The van der Waals surface area contributed by atoms with Crippen molar-refractivity contribution in [3.05, 3.63) is 93.7 Å². The Morgan fingerprint density at radius 3 is 2.27 bits per heavy atom. The van der Waals surface area contributed by atoms with Gasteiger partial charge in [0.25, 0.3) is 5.91 Å². The molecule has 1 saturated heterocycles. The van der Waals surface area contributed by atoms with Gasteiger partial charge in [0.1, 0.15) is 5.82 Å². The van der Waals surface area contributed by atoms with E-state index in [9.17, 15) is 32.3 Å². The summed E-state index contributed by atoms with van der Waals surface area (Å²) in [7, 11) is -4.40. The SMILES string of the molecule is Cc1ccc(NC(=O)N2CCN(S(=O)(=O)c3ccc(Cl)c(Cl)c3)C2C(=O)NC(CC(=O)O)c2ccc(F)cc2)cc1. The Morgan fingerprint density at radius 2 is 1.66 bits per heavy atom. The number of nitrogens with one attached hydrogen (secondary N) is 2. The van der Waals surface area contributed by atoms with Gasteiger partial charge in [0.15, 0.2) is 6.17 Å². The lowest BCUT2D eigenvalue weighted by Gasteiger charge is -2.30. The van der Waals surface area contributed by atoms with E-state index in [0.717, 1.165) is 33.0 Å². The first-order valence-electron chi connectivity index (χ1n) is 12.3. The van der Waals surface area contributed by atoms with Crippen LogP contribution in [0.1, 0.15) is 23.6 Å². The van der Waals surface area contributed by atoms with Crippen LogP contribution in [-0.4, -0.2) is 59.9 Å². The molecule has 3 aromatic rings. The van der Waals surface area contributed by atoms with Crippen LogP contribution in [0.5, 0.6) is 0 Å². The van der Waals surface area contributed by atoms with Gasteiger partial charge in [0.2, 0.25) is 10.0 Å². The number of rotatable bonds is 8. The van der Waals surface area contributed by atoms with Crippen molar-refractivity contribution < 1.29 is 32.3 Å². The molecule has 0 aromatic heterocycles. The summed E-state index contributed by atoms with van der Waals surface area (Å²) < 4.78 is 41.7. The van der Waals surface area contributed by atoms with Crippen molar-refractivity contribution in [1.82, 2.24) is 14.5 Å². The maximum absolute atomic E-state index is 13.7. The van der Waals surface area contributed by atoms with E-state index in [1.165, 1.54) is 24.3 Å². The van der Waals surface area contributed by atoms with Crippen molar-refractivity contribution in [2.75, 3.05) is 18.4 Å². The fourth-order valence-electron chi connectivity index (χ4n) is 4.32. The lowest BCUT2D eigenvalue weighted by molar-refractivity contribution is -0.138. The number of carbonyl (C=O) groups excluding carboxylic acids is 2. The number of nitrogens with zero attached hydrogens (tertiary/aromatic N) is 2. The van der Waals surface area contributed by atoms with Crippen LogP contribution in [-0.2, 0) is 19.6 Å². The number of carboxylic acids is 1. The number of hydrogen-bond acceptors (Lipinski definition) is 5. The van der Waals surface area contributed by atoms with Gasteiger partial charge in [-0.15, -0.1) is 0 Å². The minimum Gasteiger partial charge on any atom is -0.481 e. The van der Waals surface area contributed by atoms with Gasteiger partial charge in [-0.1, -0.05) is 53.0 Å². The van der Waals surface area contributed by atoms with Gasteiger partial charge in [-0.25, -0.2) is 17.6 Å². The number of aliphatic carboxylic acids is 1. The third-order valence-electron chi connectivity index (χ3n) is 6.39. The molecule has 0 aliphatic carbocycles. The van der Waals surface area contributed by atoms with Crippen LogP contribution < -0.4 is 10.6 Å². The summed E-state index contributed by atoms with van der Waals surface area (Å²) in [5.41, 5.74) is 1.64. The Morgan fingerprint density at radius 1 is 1.00 bits per heavy atom. The van der Waals surface area contributed by atoms with Gasteiger partial charge < -0.3 is 15.7 Å². The second kappa shape index (κ2) is 12.4. The molecular weight excluding hydrogens is 598 g/mol. The number of amides is 3. The number of sulfonamides is 1. The average Bonchev–Trinajstić information content (AvgIpc) is 3.38. The molecule has 0 saturated carbocycles. The van der Waals surface area contributed by atoms with Gasteiger partial charge in [0.05, 0.1) is 27.4 Å². The zero-order chi connectivity index (χ0) is 29.9. The second-order valence-corrected chi connectivity index (χ2v) is 12.0. The van der Waals surface area contributed by atoms with E-state index < -0.39 is 52.4 Å². The highest BCUT2D eigenvalue weighted by molar-refractivity contribution is 7.89. The van der Waals surface area contributed by atoms with Crippen LogP contribution in [0.15, 0.2) is 71.6 Å². The lowest BCUT2D eigenvalue weighted by Crippen LogP contribution is -2.55. The zero-order valence-corrected chi connectivity index (χ0v) is 23.9. The average molecular weight is 623 g/mol. The molecule has 41 heavy (non-hydrogen) atoms. The summed E-state index contributed by atoms with van der Waals surface area (Å²) in [4.78, 5) is 39.4. The van der Waals surface area contributed by atoms with E-state index >= 15 is 0 Å². The molecule has 3 aromatic carbocycles. The third kappa shape index (κ3) is 6.96. The largest absolute Gasteiger partial charge is 0.481 e. The Balaban J connectivity index is 1.70. The highest BCUT2D eigenvalue weighted by Crippen LogP contribution is 2.30. The molecule has 10 nitrogen and oxygen atoms in total. The fraction of sp³-hybridized carbons (Fsp3) is 0.222. The van der Waals surface area contributed by atoms with Gasteiger partial charge in [0, 0.05) is 18.8 Å². The van der Waals surface area contributed by atoms with E-state index in [1.807, 2.05) is 6.92 Å². The number of aryl methyl sites for hydroxylation is 1. The van der Waals surface area contributed by atoms with Crippen molar-refractivity contribution in [2.24, 2.45) is 0 Å². The summed E-state index contributed by atoms with van der Waals surface area (Å²) in [6.45, 7) is 1.46. The number of carbonyl (C=O) groups is 3. The first-order chi connectivity index (χ1) is 19.4. The first kappa shape index (κ1) is 30.3. The minimum absolute atomic E-state index is 0.0280. The summed E-state index contributed by atoms with van der Waals surface area (Å²) in [5.74, 6) is -2.79. The summed E-state index contributed by atoms with van der Waals surface area (Å²) >= 11 is 12.0. The number of hydrogen-bond donors (Lipinski definition) is 3. The number of urea groups is 1. The third-order valence-corrected chi connectivity index (χ3v) is 8.98. The molecule has 3 amide bonds. The summed E-state index contributed by atoms with van der Waals surface area (Å²) in [6.07, 6.45) is -2.28. The minimum atomic E-state index is -4.40. The highest BCUT2D eigenvalue weighted by Gasteiger charge is 2.47. The smallest absolute Gasteiger partial charge is 0.323 e. The molecule has 0 radical (unpaired) electrons. The van der Waals surface area contributed by atoms with Crippen molar-refractivity contribution >= 4 is 56.8 Å². The molecule has 1 aliphatic heterocycles. The number of anilines is 1. The van der Waals surface area contributed by atoms with Crippen LogP contribution in [0.25, 0.3) is 0 Å². The predicted octanol–water partition coefficient (Wildman–Crippen LogP) is 4.64. The molecule has 14 heteroatoms. The molecule has 3 N–H and O–H groups in total. The molecule has 4 rings (SSSR count). The Hall–Kier alpha value is -3.71. The van der Waals surface area contributed by atoms with E-state index in [2.05, 4.69) is 10.6 Å². The van der Waals surface area contributed by atoms with Crippen LogP contribution >= 0.6 is 23.2 Å². The maximum Gasteiger partial charge on any atom is 0.323 e. The zero-order valence-electron chi connectivity index (χ0n) is 21.6. The van der Waals surface area contributed by atoms with Gasteiger partial charge >= 0.3 is 12.0 Å². The molecule has 1 aliphatic rings. The fourth-order valence-corrected chi connectivity index (χ4v) is 6.25. The molecule has 216 valence electrons. The quantitative estimate of drug-likeness (QED) is 0.335. The molecule has 0 bridgehead atoms. The predicted molar refractivity (Wildman–Crippen MR) is 151 cm³/mol. The molecule has 2 unspecified atom stereocenters. The van der Waals surface area contributed by atoms with E-state index in [-0.39, 0.29) is 33.6 Å². The topological polar surface area (TPSA) is 136 Å². The summed E-state index contributed by atoms with van der Waals surface area (Å²) in [5, 5.41) is 14.7. The van der Waals surface area contributed by atoms with Gasteiger partial charge in [-0.2, -0.15) is 4.31 Å². The van der Waals surface area contributed by atoms with Crippen LogP contribution in [0.3, 0.4) is 0 Å². The Bertz CT molecular complexity index is 1570. The molecule has 1 heterocycles. The highest BCUT2D eigenvalue weighted by atomic mass is 35.5. The van der Waals surface area contributed by atoms with Crippen LogP contribution in [0.4, 0.5) is 14.9 Å². The van der Waals surface area contributed by atoms with Crippen molar-refractivity contribution in [2.45, 2.75) is 30.4 Å². The normalized spacial score (nSPS) is 16.3. The molecule has 2 atom stereocenters. The van der Waals surface area contributed by atoms with Crippen LogP contribution in [0, 0.1) is 12.7 Å². The van der Waals surface area contributed by atoms with Crippen molar-refractivity contribution in [3.63, 3.8) is 0 Å². The lowest BCUT2D eigenvalue weighted by atomic mass is 10.0. The Kier molecular flexibility index (Phi) is 9.17. The van der Waals surface area contributed by atoms with Crippen LogP contribution in [0.2, 0.25) is 10.0 Å². The second-order valence-electron chi connectivity index (χ2n) is 9.27. The summed E-state index contributed by atoms with van der Waals surface area (Å²) in [6, 6.07) is 13.4. The van der Waals surface area contributed by atoms with Gasteiger partial charge in [-0.3, -0.25) is 14.5 Å². The van der Waals surface area contributed by atoms with Crippen molar-refractivity contribution in [3.8, 4) is 0 Å². The maximum atomic E-state index is 13.7. The number of benzene rings is 3.